The number of carbonyl (C=O) groups excluding carboxylic acids is 1. The maximum Gasteiger partial charge on any atom is 0.317 e. The minimum atomic E-state index is -1.10. The zero-order chi connectivity index (χ0) is 10.3. The Labute approximate surface area is 82.1 Å². The van der Waals surface area contributed by atoms with Crippen LogP contribution in [0.3, 0.4) is 0 Å². The minimum Gasteiger partial charge on any atom is -0.390 e. The van der Waals surface area contributed by atoms with Gasteiger partial charge in [-0.2, -0.15) is 0 Å². The number of urea groups is 1. The number of nitrogens with zero attached hydrogens (tertiary/aromatic N) is 1. The lowest BCUT2D eigenvalue weighted by Crippen LogP contribution is -2.38. The predicted octanol–water partition coefficient (Wildman–Crippen LogP) is -0.0235. The number of hydrogen-bond donors (Lipinski definition) is 2. The molecule has 2 rings (SSSR count). The molecule has 0 aromatic rings. The van der Waals surface area contributed by atoms with Gasteiger partial charge in [0.1, 0.15) is 6.17 Å². The molecular formula is C9H15FN2O2. The summed E-state index contributed by atoms with van der Waals surface area (Å²) in [6, 6.07) is -0.137. The number of alkyl halides is 1. The molecule has 4 atom stereocenters. The Bertz CT molecular complexity index is 249. The molecule has 2 fully saturated rings. The van der Waals surface area contributed by atoms with Gasteiger partial charge in [0.25, 0.3) is 0 Å². The van der Waals surface area contributed by atoms with Crippen LogP contribution in [0.4, 0.5) is 9.18 Å². The van der Waals surface area contributed by atoms with Gasteiger partial charge in [-0.25, -0.2) is 9.18 Å². The molecule has 2 amide bonds. The Morgan fingerprint density at radius 3 is 2.86 bits per heavy atom. The van der Waals surface area contributed by atoms with Crippen molar-refractivity contribution in [1.29, 1.82) is 0 Å². The summed E-state index contributed by atoms with van der Waals surface area (Å²) in [7, 11) is 1.57. The van der Waals surface area contributed by atoms with E-state index in [1.807, 2.05) is 0 Å². The molecule has 14 heavy (non-hydrogen) atoms. The third kappa shape index (κ3) is 1.35. The Balaban J connectivity index is 2.00. The van der Waals surface area contributed by atoms with Crippen molar-refractivity contribution in [2.24, 2.45) is 11.8 Å². The van der Waals surface area contributed by atoms with Crippen LogP contribution in [-0.2, 0) is 0 Å². The van der Waals surface area contributed by atoms with E-state index in [1.165, 1.54) is 0 Å². The average Bonchev–Trinajstić information content (AvgIpc) is 2.68. The first kappa shape index (κ1) is 9.71. The number of carbonyl (C=O) groups is 1. The van der Waals surface area contributed by atoms with Gasteiger partial charge in [-0.3, -0.25) is 0 Å². The van der Waals surface area contributed by atoms with Crippen LogP contribution in [0.1, 0.15) is 6.42 Å². The third-order valence-electron chi connectivity index (χ3n) is 3.33. The van der Waals surface area contributed by atoms with Crippen molar-refractivity contribution in [3.8, 4) is 0 Å². The van der Waals surface area contributed by atoms with Crippen LogP contribution in [-0.4, -0.2) is 48.5 Å². The Morgan fingerprint density at radius 1 is 1.57 bits per heavy atom. The largest absolute Gasteiger partial charge is 0.390 e. The Kier molecular flexibility index (Phi) is 2.34. The third-order valence-corrected chi connectivity index (χ3v) is 3.33. The predicted molar refractivity (Wildman–Crippen MR) is 48.5 cm³/mol. The van der Waals surface area contributed by atoms with Crippen molar-refractivity contribution in [3.63, 3.8) is 0 Å². The molecular weight excluding hydrogens is 187 g/mol. The summed E-state index contributed by atoms with van der Waals surface area (Å²) in [5, 5.41) is 12.0. The fraction of sp³-hybridized carbons (Fsp3) is 0.889. The fourth-order valence-corrected chi connectivity index (χ4v) is 2.55. The van der Waals surface area contributed by atoms with E-state index in [-0.39, 0.29) is 17.9 Å². The maximum absolute atomic E-state index is 13.1. The Morgan fingerprint density at radius 2 is 2.29 bits per heavy atom. The van der Waals surface area contributed by atoms with E-state index < -0.39 is 12.3 Å². The fourth-order valence-electron chi connectivity index (χ4n) is 2.55. The summed E-state index contributed by atoms with van der Waals surface area (Å²) in [6.45, 7) is 1.05. The van der Waals surface area contributed by atoms with Crippen LogP contribution >= 0.6 is 0 Å². The van der Waals surface area contributed by atoms with Crippen molar-refractivity contribution in [1.82, 2.24) is 10.2 Å². The van der Waals surface area contributed by atoms with Gasteiger partial charge in [0, 0.05) is 26.1 Å². The van der Waals surface area contributed by atoms with Gasteiger partial charge < -0.3 is 15.3 Å². The molecule has 0 aromatic carbocycles. The van der Waals surface area contributed by atoms with E-state index in [0.29, 0.717) is 19.5 Å². The first-order chi connectivity index (χ1) is 6.63. The SMILES string of the molecule is CNC(=O)N1C[C@@H]2C[C@@H](F)[C@H](O)[C@@H]2C1. The maximum atomic E-state index is 13.1. The number of likely N-dealkylation sites (tertiary alicyclic amines) is 1. The number of aliphatic hydroxyl groups is 1. The highest BCUT2D eigenvalue weighted by atomic mass is 19.1. The molecule has 0 spiro atoms. The zero-order valence-electron chi connectivity index (χ0n) is 8.11. The summed E-state index contributed by atoms with van der Waals surface area (Å²) in [4.78, 5) is 12.9. The molecule has 1 heterocycles. The molecule has 2 aliphatic rings. The highest BCUT2D eigenvalue weighted by molar-refractivity contribution is 5.74. The molecule has 4 nitrogen and oxygen atoms in total. The summed E-state index contributed by atoms with van der Waals surface area (Å²) in [5.41, 5.74) is 0. The standard InChI is InChI=1S/C9H15FN2O2/c1-11-9(14)12-3-5-2-7(10)8(13)6(5)4-12/h5-8,13H,2-4H2,1H3,(H,11,14)/t5-,6+,7+,8+/m0/s1. The van der Waals surface area contributed by atoms with E-state index in [4.69, 9.17) is 0 Å². The smallest absolute Gasteiger partial charge is 0.317 e. The number of rotatable bonds is 0. The number of hydrogen-bond acceptors (Lipinski definition) is 2. The molecule has 0 aromatic heterocycles. The lowest BCUT2D eigenvalue weighted by atomic mass is 10.00. The molecule has 0 radical (unpaired) electrons. The van der Waals surface area contributed by atoms with E-state index in [2.05, 4.69) is 5.32 Å². The number of nitrogens with one attached hydrogen (secondary N) is 1. The molecule has 5 heteroatoms. The molecule has 1 saturated carbocycles. The monoisotopic (exact) mass is 202 g/mol. The van der Waals surface area contributed by atoms with E-state index in [0.717, 1.165) is 0 Å². The normalized spacial score (nSPS) is 41.2. The molecule has 0 unspecified atom stereocenters. The van der Waals surface area contributed by atoms with Crippen LogP contribution in [0.2, 0.25) is 0 Å². The summed E-state index contributed by atoms with van der Waals surface area (Å²) in [6.07, 6.45) is -1.59. The second kappa shape index (κ2) is 3.38. The number of aliphatic hydroxyl groups excluding tert-OH is 1. The van der Waals surface area contributed by atoms with Gasteiger partial charge in [-0.05, 0) is 12.3 Å². The van der Waals surface area contributed by atoms with Gasteiger partial charge >= 0.3 is 6.03 Å². The van der Waals surface area contributed by atoms with Gasteiger partial charge in [-0.15, -0.1) is 0 Å². The molecule has 1 aliphatic heterocycles. The molecule has 1 saturated heterocycles. The second-order valence-electron chi connectivity index (χ2n) is 4.13. The average molecular weight is 202 g/mol. The van der Waals surface area contributed by atoms with E-state index in [1.54, 1.807) is 11.9 Å². The number of fused-ring (bicyclic) bond motifs is 1. The lowest BCUT2D eigenvalue weighted by Gasteiger charge is -2.18. The van der Waals surface area contributed by atoms with Gasteiger partial charge in [-0.1, -0.05) is 0 Å². The summed E-state index contributed by atoms with van der Waals surface area (Å²) in [5.74, 6) is 0.0691. The van der Waals surface area contributed by atoms with Gasteiger partial charge in [0.2, 0.25) is 0 Å². The first-order valence-electron chi connectivity index (χ1n) is 4.92. The van der Waals surface area contributed by atoms with Crippen LogP contribution in [0, 0.1) is 11.8 Å². The van der Waals surface area contributed by atoms with Gasteiger partial charge in [0.15, 0.2) is 0 Å². The van der Waals surface area contributed by atoms with Gasteiger partial charge in [0.05, 0.1) is 6.10 Å². The highest BCUT2D eigenvalue weighted by Crippen LogP contribution is 2.39. The van der Waals surface area contributed by atoms with Crippen molar-refractivity contribution < 1.29 is 14.3 Å². The number of amides is 2. The van der Waals surface area contributed by atoms with Crippen molar-refractivity contribution in [2.45, 2.75) is 18.7 Å². The highest BCUT2D eigenvalue weighted by Gasteiger charge is 2.48. The molecule has 1 aliphatic carbocycles. The molecule has 2 N–H and O–H groups in total. The lowest BCUT2D eigenvalue weighted by molar-refractivity contribution is 0.0659. The molecule has 0 bridgehead atoms. The summed E-state index contributed by atoms with van der Waals surface area (Å²) >= 11 is 0. The minimum absolute atomic E-state index is 0.0673. The number of halogens is 1. The first-order valence-corrected chi connectivity index (χ1v) is 4.92. The summed E-state index contributed by atoms with van der Waals surface area (Å²) < 4.78 is 13.1. The van der Waals surface area contributed by atoms with Crippen molar-refractivity contribution in [3.05, 3.63) is 0 Å². The zero-order valence-corrected chi connectivity index (χ0v) is 8.11. The molecule has 80 valence electrons. The van der Waals surface area contributed by atoms with E-state index in [9.17, 15) is 14.3 Å². The van der Waals surface area contributed by atoms with Crippen LogP contribution in [0.15, 0.2) is 0 Å². The second-order valence-corrected chi connectivity index (χ2v) is 4.13. The van der Waals surface area contributed by atoms with Crippen molar-refractivity contribution in [2.75, 3.05) is 20.1 Å². The topological polar surface area (TPSA) is 52.6 Å². The Hall–Kier alpha value is -0.840. The van der Waals surface area contributed by atoms with Crippen molar-refractivity contribution >= 4 is 6.03 Å². The van der Waals surface area contributed by atoms with E-state index >= 15 is 0 Å². The van der Waals surface area contributed by atoms with Crippen LogP contribution in [0.25, 0.3) is 0 Å². The van der Waals surface area contributed by atoms with Crippen LogP contribution in [0.5, 0.6) is 0 Å². The quantitative estimate of drug-likeness (QED) is 0.580. The van der Waals surface area contributed by atoms with Crippen LogP contribution < -0.4 is 5.32 Å².